The van der Waals surface area contributed by atoms with Gasteiger partial charge in [0, 0.05) is 6.26 Å². The van der Waals surface area contributed by atoms with Gasteiger partial charge in [0.15, 0.2) is 9.84 Å². The van der Waals surface area contributed by atoms with E-state index in [1.54, 1.807) is 36.4 Å². The molecule has 2 aromatic rings. The van der Waals surface area contributed by atoms with Crippen molar-refractivity contribution in [1.29, 1.82) is 0 Å². The number of carbonyl (C=O) groups excluding carboxylic acids is 2. The molecule has 1 N–H and O–H groups in total. The number of sulfone groups is 1. The fourth-order valence-electron chi connectivity index (χ4n) is 2.58. The first-order chi connectivity index (χ1) is 11.3. The van der Waals surface area contributed by atoms with Crippen LogP contribution < -0.4 is 10.2 Å². The summed E-state index contributed by atoms with van der Waals surface area (Å²) in [6, 6.07) is 13.3. The molecule has 0 fully saturated rings. The molecular formula is C17H16N2O4S. The van der Waals surface area contributed by atoms with Crippen molar-refractivity contribution >= 4 is 33.0 Å². The van der Waals surface area contributed by atoms with Crippen LogP contribution >= 0.6 is 0 Å². The van der Waals surface area contributed by atoms with Crippen molar-refractivity contribution in [3.63, 3.8) is 0 Å². The first-order valence-electron chi connectivity index (χ1n) is 7.33. The number of amides is 2. The fraction of sp³-hybridized carbons (Fsp3) is 0.176. The molecule has 3 rings (SSSR count). The highest BCUT2D eigenvalue weighted by atomic mass is 32.2. The van der Waals surface area contributed by atoms with Crippen LogP contribution in [0.15, 0.2) is 53.4 Å². The van der Waals surface area contributed by atoms with Crippen LogP contribution in [0.4, 0.5) is 11.4 Å². The van der Waals surface area contributed by atoms with Crippen LogP contribution in [0.2, 0.25) is 0 Å². The third kappa shape index (κ3) is 3.30. The molecule has 0 aromatic heterocycles. The third-order valence-corrected chi connectivity index (χ3v) is 4.91. The van der Waals surface area contributed by atoms with Gasteiger partial charge in [0.25, 0.3) is 0 Å². The molecule has 2 aromatic carbocycles. The summed E-state index contributed by atoms with van der Waals surface area (Å²) in [7, 11) is -3.26. The highest BCUT2D eigenvalue weighted by Crippen LogP contribution is 2.29. The number of hydrogen-bond acceptors (Lipinski definition) is 4. The van der Waals surface area contributed by atoms with Crippen molar-refractivity contribution in [2.75, 3.05) is 23.0 Å². The molecule has 0 bridgehead atoms. The van der Waals surface area contributed by atoms with Crippen LogP contribution in [0.1, 0.15) is 5.56 Å². The van der Waals surface area contributed by atoms with Crippen LogP contribution in [0.3, 0.4) is 0 Å². The zero-order chi connectivity index (χ0) is 17.3. The minimum Gasteiger partial charge on any atom is -0.323 e. The van der Waals surface area contributed by atoms with Gasteiger partial charge < -0.3 is 10.2 Å². The zero-order valence-corrected chi connectivity index (χ0v) is 13.8. The maximum absolute atomic E-state index is 12.6. The minimum atomic E-state index is -3.26. The second kappa shape index (κ2) is 6.09. The Labute approximate surface area is 140 Å². The molecule has 0 saturated heterocycles. The maximum Gasteiger partial charge on any atom is 0.244 e. The van der Waals surface area contributed by atoms with Gasteiger partial charge in [0.2, 0.25) is 11.8 Å². The highest BCUT2D eigenvalue weighted by Gasteiger charge is 2.26. The van der Waals surface area contributed by atoms with E-state index in [0.29, 0.717) is 16.9 Å². The summed E-state index contributed by atoms with van der Waals surface area (Å²) < 4.78 is 22.9. The lowest BCUT2D eigenvalue weighted by Gasteiger charge is -2.29. The number of nitrogens with one attached hydrogen (secondary N) is 1. The van der Waals surface area contributed by atoms with E-state index in [-0.39, 0.29) is 29.7 Å². The monoisotopic (exact) mass is 344 g/mol. The number of para-hydroxylation sites is 2. The summed E-state index contributed by atoms with van der Waals surface area (Å²) in [5.74, 6) is -0.459. The molecule has 1 aliphatic rings. The van der Waals surface area contributed by atoms with Crippen molar-refractivity contribution in [2.24, 2.45) is 0 Å². The SMILES string of the molecule is CS(=O)(=O)c1ccc(CC(=O)N2CC(=O)Nc3ccccc32)cc1. The summed E-state index contributed by atoms with van der Waals surface area (Å²) in [6.45, 7) is -0.0305. The predicted octanol–water partition coefficient (Wildman–Crippen LogP) is 1.62. The lowest BCUT2D eigenvalue weighted by Crippen LogP contribution is -2.42. The van der Waals surface area contributed by atoms with Crippen molar-refractivity contribution in [3.8, 4) is 0 Å². The Bertz CT molecular complexity index is 904. The lowest BCUT2D eigenvalue weighted by atomic mass is 10.1. The molecular weight excluding hydrogens is 328 g/mol. The number of carbonyl (C=O) groups is 2. The van der Waals surface area contributed by atoms with Gasteiger partial charge in [-0.1, -0.05) is 24.3 Å². The van der Waals surface area contributed by atoms with Crippen molar-refractivity contribution in [1.82, 2.24) is 0 Å². The minimum absolute atomic E-state index is 0.0305. The van der Waals surface area contributed by atoms with Crippen LogP contribution in [-0.2, 0) is 25.8 Å². The maximum atomic E-state index is 12.6. The number of fused-ring (bicyclic) bond motifs is 1. The van der Waals surface area contributed by atoms with E-state index >= 15 is 0 Å². The van der Waals surface area contributed by atoms with Gasteiger partial charge in [-0.3, -0.25) is 9.59 Å². The zero-order valence-electron chi connectivity index (χ0n) is 13.0. The highest BCUT2D eigenvalue weighted by molar-refractivity contribution is 7.90. The van der Waals surface area contributed by atoms with Crippen LogP contribution in [-0.4, -0.2) is 33.0 Å². The van der Waals surface area contributed by atoms with Crippen molar-refractivity contribution in [3.05, 3.63) is 54.1 Å². The smallest absolute Gasteiger partial charge is 0.244 e. The summed E-state index contributed by atoms with van der Waals surface area (Å²) in [4.78, 5) is 26.0. The van der Waals surface area contributed by atoms with Crippen LogP contribution in [0.5, 0.6) is 0 Å². The van der Waals surface area contributed by atoms with E-state index in [2.05, 4.69) is 5.32 Å². The summed E-state index contributed by atoms with van der Waals surface area (Å²) in [5, 5.41) is 2.73. The van der Waals surface area contributed by atoms with E-state index in [4.69, 9.17) is 0 Å². The standard InChI is InChI=1S/C17H16N2O4S/c1-24(22,23)13-8-6-12(7-9-13)10-17(21)19-11-16(20)18-14-4-2-3-5-15(14)19/h2-9H,10-11H2,1H3,(H,18,20). The Morgan fingerprint density at radius 3 is 2.46 bits per heavy atom. The molecule has 1 aliphatic heterocycles. The number of nitrogens with zero attached hydrogens (tertiary/aromatic N) is 1. The first-order valence-corrected chi connectivity index (χ1v) is 9.22. The molecule has 24 heavy (non-hydrogen) atoms. The van der Waals surface area contributed by atoms with Gasteiger partial charge in [-0.05, 0) is 29.8 Å². The van der Waals surface area contributed by atoms with E-state index in [0.717, 1.165) is 6.26 Å². The number of anilines is 2. The molecule has 0 spiro atoms. The molecule has 0 saturated carbocycles. The number of rotatable bonds is 3. The molecule has 0 radical (unpaired) electrons. The Morgan fingerprint density at radius 1 is 1.12 bits per heavy atom. The quantitative estimate of drug-likeness (QED) is 0.917. The van der Waals surface area contributed by atoms with Crippen molar-refractivity contribution < 1.29 is 18.0 Å². The molecule has 7 heteroatoms. The third-order valence-electron chi connectivity index (χ3n) is 3.78. The normalized spacial score (nSPS) is 14.0. The Balaban J connectivity index is 1.82. The van der Waals surface area contributed by atoms with Gasteiger partial charge in [-0.25, -0.2) is 8.42 Å². The summed E-state index contributed by atoms with van der Waals surface area (Å²) in [6.07, 6.45) is 1.22. The van der Waals surface area contributed by atoms with E-state index in [1.807, 2.05) is 0 Å². The lowest BCUT2D eigenvalue weighted by molar-refractivity contribution is -0.121. The topological polar surface area (TPSA) is 83.6 Å². The van der Waals surface area contributed by atoms with Crippen LogP contribution in [0.25, 0.3) is 0 Å². The predicted molar refractivity (Wildman–Crippen MR) is 90.7 cm³/mol. The molecule has 0 atom stereocenters. The molecule has 124 valence electrons. The molecule has 2 amide bonds. The average Bonchev–Trinajstić information content (AvgIpc) is 2.53. The van der Waals surface area contributed by atoms with Gasteiger partial charge >= 0.3 is 0 Å². The Hall–Kier alpha value is -2.67. The number of hydrogen-bond donors (Lipinski definition) is 1. The first kappa shape index (κ1) is 16.2. The summed E-state index contributed by atoms with van der Waals surface area (Å²) in [5.41, 5.74) is 1.96. The second-order valence-corrected chi connectivity index (χ2v) is 7.65. The molecule has 0 unspecified atom stereocenters. The van der Waals surface area contributed by atoms with Gasteiger partial charge in [-0.2, -0.15) is 0 Å². The van der Waals surface area contributed by atoms with Gasteiger partial charge in [0.05, 0.1) is 22.7 Å². The van der Waals surface area contributed by atoms with Crippen LogP contribution in [0, 0.1) is 0 Å². The van der Waals surface area contributed by atoms with Gasteiger partial charge in [0.1, 0.15) is 6.54 Å². The second-order valence-electron chi connectivity index (χ2n) is 5.64. The average molecular weight is 344 g/mol. The van der Waals surface area contributed by atoms with Gasteiger partial charge in [-0.15, -0.1) is 0 Å². The molecule has 0 aliphatic carbocycles. The van der Waals surface area contributed by atoms with E-state index < -0.39 is 9.84 Å². The fourth-order valence-corrected chi connectivity index (χ4v) is 3.21. The Morgan fingerprint density at radius 2 is 1.79 bits per heavy atom. The molecule has 6 nitrogen and oxygen atoms in total. The Kier molecular flexibility index (Phi) is 4.11. The van der Waals surface area contributed by atoms with E-state index in [1.165, 1.54) is 17.0 Å². The van der Waals surface area contributed by atoms with Crippen molar-refractivity contribution in [2.45, 2.75) is 11.3 Å². The van der Waals surface area contributed by atoms with E-state index in [9.17, 15) is 18.0 Å². The number of benzene rings is 2. The molecule has 1 heterocycles. The summed E-state index contributed by atoms with van der Waals surface area (Å²) >= 11 is 0. The largest absolute Gasteiger partial charge is 0.323 e.